The molecule has 0 aromatic heterocycles. The molecule has 3 heteroatoms. The van der Waals surface area contributed by atoms with Gasteiger partial charge in [0.15, 0.2) is 0 Å². The van der Waals surface area contributed by atoms with Crippen molar-refractivity contribution in [2.45, 2.75) is 31.2 Å². The third kappa shape index (κ3) is 0.764. The van der Waals surface area contributed by atoms with Crippen molar-refractivity contribution in [3.63, 3.8) is 0 Å². The normalized spacial score (nSPS) is 48.0. The van der Waals surface area contributed by atoms with E-state index in [-0.39, 0.29) is 6.04 Å². The van der Waals surface area contributed by atoms with Gasteiger partial charge in [0.1, 0.15) is 12.3 Å². The van der Waals surface area contributed by atoms with Crippen LogP contribution < -0.4 is 0 Å². The summed E-state index contributed by atoms with van der Waals surface area (Å²) in [6.45, 7) is 1.22. The highest BCUT2D eigenvalue weighted by molar-refractivity contribution is 4.97. The maximum absolute atomic E-state index is 12.9. The van der Waals surface area contributed by atoms with E-state index < -0.39 is 12.3 Å². The van der Waals surface area contributed by atoms with Crippen molar-refractivity contribution in [3.05, 3.63) is 0 Å². The van der Waals surface area contributed by atoms with Gasteiger partial charge in [-0.1, -0.05) is 0 Å². The van der Waals surface area contributed by atoms with Gasteiger partial charge in [-0.25, -0.2) is 8.78 Å². The quantitative estimate of drug-likeness (QED) is 0.496. The van der Waals surface area contributed by atoms with Crippen LogP contribution in [0.1, 0.15) is 12.8 Å². The number of rotatable bonds is 0. The molecule has 58 valence electrons. The Bertz CT molecular complexity index is 138. The number of fused-ring (bicyclic) bond motifs is 1. The number of hydrogen-bond donors (Lipinski definition) is 0. The zero-order valence-corrected chi connectivity index (χ0v) is 5.76. The lowest BCUT2D eigenvalue weighted by Crippen LogP contribution is -2.26. The van der Waals surface area contributed by atoms with Crippen molar-refractivity contribution in [2.75, 3.05) is 13.1 Å². The number of halogens is 2. The first kappa shape index (κ1) is 6.53. The third-order valence-electron chi connectivity index (χ3n) is 2.54. The van der Waals surface area contributed by atoms with Crippen LogP contribution in [0.25, 0.3) is 0 Å². The van der Waals surface area contributed by atoms with Crippen molar-refractivity contribution in [1.82, 2.24) is 4.90 Å². The largest absolute Gasteiger partial charge is 0.294 e. The Morgan fingerprint density at radius 2 is 2.10 bits per heavy atom. The molecule has 0 saturated carbocycles. The van der Waals surface area contributed by atoms with E-state index >= 15 is 0 Å². The van der Waals surface area contributed by atoms with Crippen LogP contribution in [0.2, 0.25) is 0 Å². The second-order valence-electron chi connectivity index (χ2n) is 3.16. The average Bonchev–Trinajstić information content (AvgIpc) is 2.41. The molecular formula is C7H11F2N. The molecule has 3 unspecified atom stereocenters. The minimum Gasteiger partial charge on any atom is -0.294 e. The van der Waals surface area contributed by atoms with Crippen LogP contribution in [-0.4, -0.2) is 36.4 Å². The maximum atomic E-state index is 12.9. The fourth-order valence-electron chi connectivity index (χ4n) is 2.00. The van der Waals surface area contributed by atoms with Crippen molar-refractivity contribution >= 4 is 0 Å². The molecule has 1 nitrogen and oxygen atoms in total. The molecule has 0 N–H and O–H groups in total. The molecule has 3 atom stereocenters. The maximum Gasteiger partial charge on any atom is 0.148 e. The van der Waals surface area contributed by atoms with Crippen LogP contribution in [0.15, 0.2) is 0 Å². The zero-order valence-electron chi connectivity index (χ0n) is 5.76. The summed E-state index contributed by atoms with van der Waals surface area (Å²) in [6.07, 6.45) is -0.535. The molecule has 0 radical (unpaired) electrons. The van der Waals surface area contributed by atoms with Gasteiger partial charge in [-0.2, -0.15) is 0 Å². The molecule has 0 aliphatic carbocycles. The molecular weight excluding hydrogens is 136 g/mol. The van der Waals surface area contributed by atoms with E-state index in [0.717, 1.165) is 19.4 Å². The lowest BCUT2D eigenvalue weighted by atomic mass is 10.1. The van der Waals surface area contributed by atoms with Crippen LogP contribution >= 0.6 is 0 Å². The Labute approximate surface area is 59.0 Å². The fourth-order valence-corrected chi connectivity index (χ4v) is 2.00. The summed E-state index contributed by atoms with van der Waals surface area (Å²) >= 11 is 0. The lowest BCUT2D eigenvalue weighted by molar-refractivity contribution is 0.186. The molecule has 10 heavy (non-hydrogen) atoms. The van der Waals surface area contributed by atoms with Gasteiger partial charge in [0, 0.05) is 12.6 Å². The first-order chi connectivity index (χ1) is 4.79. The standard InChI is InChI=1S/C7H11F2N/c8-5-4-10-3-1-2-6(10)7(5)9/h5-7H,1-4H2. The van der Waals surface area contributed by atoms with Gasteiger partial charge >= 0.3 is 0 Å². The van der Waals surface area contributed by atoms with Gasteiger partial charge in [0.05, 0.1) is 0 Å². The number of nitrogens with zero attached hydrogens (tertiary/aromatic N) is 1. The van der Waals surface area contributed by atoms with E-state index in [2.05, 4.69) is 0 Å². The monoisotopic (exact) mass is 147 g/mol. The molecule has 2 heterocycles. The molecule has 2 aliphatic heterocycles. The summed E-state index contributed by atoms with van der Waals surface area (Å²) in [5.74, 6) is 0. The highest BCUT2D eigenvalue weighted by Crippen LogP contribution is 2.31. The van der Waals surface area contributed by atoms with Gasteiger partial charge in [-0.15, -0.1) is 0 Å². The van der Waals surface area contributed by atoms with E-state index in [9.17, 15) is 8.78 Å². The molecule has 2 rings (SSSR count). The summed E-state index contributed by atoms with van der Waals surface area (Å²) in [5, 5.41) is 0. The smallest absolute Gasteiger partial charge is 0.148 e. The van der Waals surface area contributed by atoms with Gasteiger partial charge < -0.3 is 0 Å². The number of hydrogen-bond acceptors (Lipinski definition) is 1. The molecule has 2 fully saturated rings. The summed E-state index contributed by atoms with van der Waals surface area (Å²) in [7, 11) is 0. The first-order valence-corrected chi connectivity index (χ1v) is 3.81. The van der Waals surface area contributed by atoms with Gasteiger partial charge in [-0.3, -0.25) is 4.90 Å². The van der Waals surface area contributed by atoms with E-state index in [1.807, 2.05) is 4.90 Å². The van der Waals surface area contributed by atoms with Crippen molar-refractivity contribution in [2.24, 2.45) is 0 Å². The van der Waals surface area contributed by atoms with Crippen LogP contribution in [0.4, 0.5) is 8.78 Å². The SMILES string of the molecule is FC1CN2CCCC2C1F. The lowest BCUT2D eigenvalue weighted by Gasteiger charge is -2.13. The molecule has 2 saturated heterocycles. The first-order valence-electron chi connectivity index (χ1n) is 3.81. The number of alkyl halides is 2. The van der Waals surface area contributed by atoms with Crippen LogP contribution in [0.5, 0.6) is 0 Å². The minimum absolute atomic E-state index is 0.0880. The molecule has 0 aromatic rings. The second-order valence-corrected chi connectivity index (χ2v) is 3.16. The summed E-state index contributed by atoms with van der Waals surface area (Å²) in [4.78, 5) is 1.93. The van der Waals surface area contributed by atoms with E-state index in [4.69, 9.17) is 0 Å². The Balaban J connectivity index is 2.09. The minimum atomic E-state index is -1.22. The summed E-state index contributed by atoms with van der Waals surface area (Å²) < 4.78 is 25.5. The Kier molecular flexibility index (Phi) is 1.41. The summed E-state index contributed by atoms with van der Waals surface area (Å²) in [6, 6.07) is -0.0880. The van der Waals surface area contributed by atoms with E-state index in [0.29, 0.717) is 6.54 Å². The Hall–Kier alpha value is -0.180. The van der Waals surface area contributed by atoms with Crippen LogP contribution in [-0.2, 0) is 0 Å². The van der Waals surface area contributed by atoms with Crippen molar-refractivity contribution < 1.29 is 8.78 Å². The molecule has 2 aliphatic rings. The predicted octanol–water partition coefficient (Wildman–Crippen LogP) is 1.14. The van der Waals surface area contributed by atoms with Gasteiger partial charge in [-0.05, 0) is 19.4 Å². The van der Waals surface area contributed by atoms with Crippen LogP contribution in [0.3, 0.4) is 0 Å². The molecule has 0 amide bonds. The topological polar surface area (TPSA) is 3.24 Å². The summed E-state index contributed by atoms with van der Waals surface area (Å²) in [5.41, 5.74) is 0. The fraction of sp³-hybridized carbons (Fsp3) is 1.00. The highest BCUT2D eigenvalue weighted by Gasteiger charge is 2.44. The Morgan fingerprint density at radius 1 is 1.30 bits per heavy atom. The van der Waals surface area contributed by atoms with Gasteiger partial charge in [0.25, 0.3) is 0 Å². The average molecular weight is 147 g/mol. The van der Waals surface area contributed by atoms with Crippen LogP contribution in [0, 0.1) is 0 Å². The van der Waals surface area contributed by atoms with E-state index in [1.54, 1.807) is 0 Å². The van der Waals surface area contributed by atoms with Crippen molar-refractivity contribution in [3.8, 4) is 0 Å². The Morgan fingerprint density at radius 3 is 2.80 bits per heavy atom. The zero-order chi connectivity index (χ0) is 7.14. The third-order valence-corrected chi connectivity index (χ3v) is 2.54. The van der Waals surface area contributed by atoms with E-state index in [1.165, 1.54) is 0 Å². The second kappa shape index (κ2) is 2.16. The van der Waals surface area contributed by atoms with Crippen molar-refractivity contribution in [1.29, 1.82) is 0 Å². The molecule has 0 spiro atoms. The predicted molar refractivity (Wildman–Crippen MR) is 34.4 cm³/mol. The molecule has 0 aromatic carbocycles. The molecule has 0 bridgehead atoms. The highest BCUT2D eigenvalue weighted by atomic mass is 19.2. The van der Waals surface area contributed by atoms with Gasteiger partial charge in [0.2, 0.25) is 0 Å².